The summed E-state index contributed by atoms with van der Waals surface area (Å²) >= 11 is 0. The molecule has 3 heterocycles. The van der Waals surface area contributed by atoms with Gasteiger partial charge in [0.1, 0.15) is 17.5 Å². The van der Waals surface area contributed by atoms with E-state index >= 15 is 0 Å². The highest BCUT2D eigenvalue weighted by atomic mass is 32.2. The number of sulfone groups is 1. The molecule has 2 aromatic heterocycles. The number of aromatic nitrogens is 3. The van der Waals surface area contributed by atoms with Crippen LogP contribution >= 0.6 is 0 Å². The molecule has 3 rings (SSSR count). The zero-order valence-corrected chi connectivity index (χ0v) is 15.3. The average molecular weight is 361 g/mol. The molecule has 25 heavy (non-hydrogen) atoms. The molecule has 1 atom stereocenters. The first-order valence-electron chi connectivity index (χ1n) is 8.34. The molecule has 0 bridgehead atoms. The summed E-state index contributed by atoms with van der Waals surface area (Å²) in [6, 6.07) is 5.82. The molecule has 0 amide bonds. The first-order chi connectivity index (χ1) is 11.9. The van der Waals surface area contributed by atoms with Crippen LogP contribution in [0.25, 0.3) is 0 Å². The van der Waals surface area contributed by atoms with E-state index in [2.05, 4.69) is 25.2 Å². The van der Waals surface area contributed by atoms with Crippen LogP contribution in [0, 0.1) is 6.92 Å². The summed E-state index contributed by atoms with van der Waals surface area (Å²) in [4.78, 5) is 15.0. The Morgan fingerprint density at radius 2 is 2.04 bits per heavy atom. The van der Waals surface area contributed by atoms with Gasteiger partial charge < -0.3 is 10.2 Å². The van der Waals surface area contributed by atoms with Gasteiger partial charge in [0.2, 0.25) is 0 Å². The molecule has 2 aromatic rings. The normalized spacial score (nSPS) is 18.9. The standard InChI is InChI=1S/C17H23N5O2S/c1-13-19-16(21-15-6-10-25(23,24)12-15)11-17(20-13)22(2)9-5-14-3-7-18-8-4-14/h3-4,7-8,11,15H,5-6,9-10,12H2,1-2H3,(H,19,20,21). The second-order valence-corrected chi connectivity index (χ2v) is 8.66. The summed E-state index contributed by atoms with van der Waals surface area (Å²) < 4.78 is 23.2. The van der Waals surface area contributed by atoms with Crippen molar-refractivity contribution >= 4 is 21.5 Å². The number of hydrogen-bond acceptors (Lipinski definition) is 7. The third-order valence-corrected chi connectivity index (χ3v) is 6.05. The van der Waals surface area contributed by atoms with Crippen LogP contribution in [0.1, 0.15) is 17.8 Å². The van der Waals surface area contributed by atoms with E-state index < -0.39 is 9.84 Å². The van der Waals surface area contributed by atoms with Gasteiger partial charge in [0, 0.05) is 38.1 Å². The van der Waals surface area contributed by atoms with E-state index in [0.717, 1.165) is 18.8 Å². The Bertz CT molecular complexity index is 826. The number of anilines is 2. The predicted molar refractivity (Wildman–Crippen MR) is 98.7 cm³/mol. The minimum Gasteiger partial charge on any atom is -0.366 e. The highest BCUT2D eigenvalue weighted by Crippen LogP contribution is 2.20. The van der Waals surface area contributed by atoms with Crippen molar-refractivity contribution in [2.75, 3.05) is 35.3 Å². The molecule has 0 spiro atoms. The van der Waals surface area contributed by atoms with Crippen molar-refractivity contribution in [2.24, 2.45) is 0 Å². The molecular weight excluding hydrogens is 338 g/mol. The summed E-state index contributed by atoms with van der Waals surface area (Å²) in [5.74, 6) is 2.58. The van der Waals surface area contributed by atoms with Crippen molar-refractivity contribution in [3.05, 3.63) is 42.0 Å². The summed E-state index contributed by atoms with van der Waals surface area (Å²) in [6.07, 6.45) is 5.11. The zero-order chi connectivity index (χ0) is 17.9. The topological polar surface area (TPSA) is 88.1 Å². The lowest BCUT2D eigenvalue weighted by atomic mass is 10.2. The molecule has 0 saturated carbocycles. The number of rotatable bonds is 6. The van der Waals surface area contributed by atoms with Gasteiger partial charge in [-0.25, -0.2) is 18.4 Å². The largest absolute Gasteiger partial charge is 0.366 e. The number of likely N-dealkylation sites (N-methyl/N-ethyl adjacent to an activating group) is 1. The number of pyridine rings is 1. The van der Waals surface area contributed by atoms with Gasteiger partial charge in [-0.05, 0) is 37.5 Å². The van der Waals surface area contributed by atoms with Crippen molar-refractivity contribution in [1.29, 1.82) is 0 Å². The second-order valence-electron chi connectivity index (χ2n) is 6.43. The van der Waals surface area contributed by atoms with Crippen LogP contribution in [0.5, 0.6) is 0 Å². The number of hydrogen-bond donors (Lipinski definition) is 1. The third kappa shape index (κ3) is 4.88. The molecule has 7 nitrogen and oxygen atoms in total. The Morgan fingerprint density at radius 3 is 2.72 bits per heavy atom. The van der Waals surface area contributed by atoms with Gasteiger partial charge >= 0.3 is 0 Å². The molecule has 134 valence electrons. The number of aryl methyl sites for hydroxylation is 1. The molecule has 0 aromatic carbocycles. The second kappa shape index (κ2) is 7.35. The van der Waals surface area contributed by atoms with Crippen molar-refractivity contribution in [2.45, 2.75) is 25.8 Å². The van der Waals surface area contributed by atoms with Crippen LogP contribution in [0.4, 0.5) is 11.6 Å². The lowest BCUT2D eigenvalue weighted by Gasteiger charge is -2.20. The van der Waals surface area contributed by atoms with Crippen molar-refractivity contribution in [3.63, 3.8) is 0 Å². The Kier molecular flexibility index (Phi) is 5.17. The Balaban J connectivity index is 1.66. The first-order valence-corrected chi connectivity index (χ1v) is 10.2. The van der Waals surface area contributed by atoms with Crippen LogP contribution in [-0.4, -0.2) is 54.5 Å². The molecule has 0 aliphatic carbocycles. The molecule has 1 N–H and O–H groups in total. The van der Waals surface area contributed by atoms with Crippen LogP contribution in [-0.2, 0) is 16.3 Å². The molecule has 1 saturated heterocycles. The van der Waals surface area contributed by atoms with Crippen molar-refractivity contribution in [1.82, 2.24) is 15.0 Å². The molecule has 8 heteroatoms. The third-order valence-electron chi connectivity index (χ3n) is 4.29. The van der Waals surface area contributed by atoms with Crippen LogP contribution in [0.2, 0.25) is 0 Å². The Morgan fingerprint density at radius 1 is 1.28 bits per heavy atom. The van der Waals surface area contributed by atoms with E-state index in [4.69, 9.17) is 0 Å². The fourth-order valence-corrected chi connectivity index (χ4v) is 4.57. The molecular formula is C17H23N5O2S. The van der Waals surface area contributed by atoms with Gasteiger partial charge in [-0.15, -0.1) is 0 Å². The minimum absolute atomic E-state index is 0.0747. The summed E-state index contributed by atoms with van der Waals surface area (Å²) in [7, 11) is -0.920. The minimum atomic E-state index is -2.91. The SMILES string of the molecule is Cc1nc(NC2CCS(=O)(=O)C2)cc(N(C)CCc2ccncc2)n1. The molecule has 1 aliphatic rings. The van der Waals surface area contributed by atoms with E-state index in [1.54, 1.807) is 12.4 Å². The number of nitrogens with zero attached hydrogens (tertiary/aromatic N) is 4. The fourth-order valence-electron chi connectivity index (χ4n) is 2.90. The molecule has 1 fully saturated rings. The monoisotopic (exact) mass is 361 g/mol. The highest BCUT2D eigenvalue weighted by Gasteiger charge is 2.28. The lowest BCUT2D eigenvalue weighted by Crippen LogP contribution is -2.24. The van der Waals surface area contributed by atoms with E-state index in [-0.39, 0.29) is 17.5 Å². The van der Waals surface area contributed by atoms with Crippen LogP contribution in [0.3, 0.4) is 0 Å². The van der Waals surface area contributed by atoms with Crippen LogP contribution < -0.4 is 10.2 Å². The lowest BCUT2D eigenvalue weighted by molar-refractivity contribution is 0.602. The quantitative estimate of drug-likeness (QED) is 0.833. The smallest absolute Gasteiger partial charge is 0.152 e. The van der Waals surface area contributed by atoms with E-state index in [9.17, 15) is 8.42 Å². The first kappa shape index (κ1) is 17.6. The summed E-state index contributed by atoms with van der Waals surface area (Å²) in [6.45, 7) is 2.66. The fraction of sp³-hybridized carbons (Fsp3) is 0.471. The molecule has 1 aliphatic heterocycles. The van der Waals surface area contributed by atoms with Crippen molar-refractivity contribution in [3.8, 4) is 0 Å². The number of nitrogens with one attached hydrogen (secondary N) is 1. The van der Waals surface area contributed by atoms with E-state index in [0.29, 0.717) is 18.1 Å². The summed E-state index contributed by atoms with van der Waals surface area (Å²) in [5, 5.41) is 3.24. The van der Waals surface area contributed by atoms with Gasteiger partial charge in [0.25, 0.3) is 0 Å². The van der Waals surface area contributed by atoms with Crippen molar-refractivity contribution < 1.29 is 8.42 Å². The summed E-state index contributed by atoms with van der Waals surface area (Å²) in [5.41, 5.74) is 1.22. The zero-order valence-electron chi connectivity index (χ0n) is 14.5. The van der Waals surface area contributed by atoms with Gasteiger partial charge in [0.05, 0.1) is 11.5 Å². The maximum atomic E-state index is 11.6. The van der Waals surface area contributed by atoms with E-state index in [1.807, 2.05) is 32.2 Å². The Hall–Kier alpha value is -2.22. The highest BCUT2D eigenvalue weighted by molar-refractivity contribution is 7.91. The molecule has 0 radical (unpaired) electrons. The van der Waals surface area contributed by atoms with Crippen LogP contribution in [0.15, 0.2) is 30.6 Å². The van der Waals surface area contributed by atoms with E-state index in [1.165, 1.54) is 5.56 Å². The maximum Gasteiger partial charge on any atom is 0.152 e. The van der Waals surface area contributed by atoms with Gasteiger partial charge in [-0.3, -0.25) is 4.98 Å². The van der Waals surface area contributed by atoms with Gasteiger partial charge in [-0.2, -0.15) is 0 Å². The Labute approximate surface area is 148 Å². The van der Waals surface area contributed by atoms with Gasteiger partial charge in [0.15, 0.2) is 9.84 Å². The maximum absolute atomic E-state index is 11.6. The molecule has 1 unspecified atom stereocenters. The van der Waals surface area contributed by atoms with Gasteiger partial charge in [-0.1, -0.05) is 0 Å². The predicted octanol–water partition coefficient (Wildman–Crippen LogP) is 1.46. The average Bonchev–Trinajstić information content (AvgIpc) is 2.91.